The van der Waals surface area contributed by atoms with Gasteiger partial charge in [0.25, 0.3) is 11.4 Å². The number of para-hydroxylation sites is 4. The lowest BCUT2D eigenvalue weighted by Crippen LogP contribution is -2.36. The zero-order chi connectivity index (χ0) is 87.3. The molecule has 4 aromatic heterocycles. The van der Waals surface area contributed by atoms with Crippen LogP contribution in [0.25, 0.3) is 45.6 Å². The van der Waals surface area contributed by atoms with Gasteiger partial charge < -0.3 is 48.1 Å². The number of aromatic nitrogens is 8. The average molecular weight is 1910 g/mol. The summed E-state index contributed by atoms with van der Waals surface area (Å²) in [7, 11) is -1.59. The quantitative estimate of drug-likeness (QED) is 0.0237. The minimum absolute atomic E-state index is 0.0180. The van der Waals surface area contributed by atoms with Gasteiger partial charge in [-0.1, -0.05) is 206 Å². The molecular weight excluding hydrogens is 1820 g/mol. The van der Waals surface area contributed by atoms with E-state index in [1.807, 2.05) is 153 Å². The summed E-state index contributed by atoms with van der Waals surface area (Å²) in [6.07, 6.45) is 12.9. The van der Waals surface area contributed by atoms with Crippen LogP contribution in [0.5, 0.6) is 0 Å². The number of nitro benzene ring substituents is 2. The van der Waals surface area contributed by atoms with E-state index in [4.69, 9.17) is 21.5 Å². The molecule has 117 heavy (non-hydrogen) atoms. The van der Waals surface area contributed by atoms with Crippen LogP contribution in [0.2, 0.25) is 0 Å². The molecule has 0 atom stereocenters. The molecule has 0 fully saturated rings. The number of nitrogens with zero attached hydrogens (tertiary/aromatic N) is 10. The average Bonchev–Trinajstić information content (AvgIpc) is 0.816. The van der Waals surface area contributed by atoms with Gasteiger partial charge in [0.05, 0.1) is 38.0 Å². The first-order chi connectivity index (χ1) is 54.7. The summed E-state index contributed by atoms with van der Waals surface area (Å²) in [5.74, 6) is 1.28. The number of anilines is 7. The number of benzene rings is 7. The van der Waals surface area contributed by atoms with Crippen molar-refractivity contribution >= 4 is 173 Å². The Labute approximate surface area is 721 Å². The van der Waals surface area contributed by atoms with E-state index < -0.39 is 38.6 Å². The summed E-state index contributed by atoms with van der Waals surface area (Å²) in [6, 6.07) is 47.7. The number of rotatable bonds is 12. The number of nitrogens with two attached hydrogens (primary N) is 2. The summed E-state index contributed by atoms with van der Waals surface area (Å²) in [5.41, 5.74) is 14.7. The second kappa shape index (κ2) is 44.4. The molecule has 0 saturated heterocycles. The van der Waals surface area contributed by atoms with Crippen LogP contribution in [0.4, 0.5) is 51.2 Å². The van der Waals surface area contributed by atoms with Crippen LogP contribution in [0.3, 0.4) is 0 Å². The fourth-order valence-corrected chi connectivity index (χ4v) is 10.7. The Hall–Kier alpha value is -11.0. The molecule has 0 unspecified atom stereocenters. The van der Waals surface area contributed by atoms with Crippen LogP contribution >= 0.6 is 79.6 Å². The van der Waals surface area contributed by atoms with Gasteiger partial charge in [-0.3, -0.25) is 44.2 Å². The third-order valence-corrected chi connectivity index (χ3v) is 18.2. The molecule has 11 rings (SSSR count). The predicted molar refractivity (Wildman–Crippen MR) is 480 cm³/mol. The van der Waals surface area contributed by atoms with Crippen LogP contribution in [-0.2, 0) is 24.0 Å². The summed E-state index contributed by atoms with van der Waals surface area (Å²) in [6.45, 7) is 27.5. The van der Waals surface area contributed by atoms with Crippen molar-refractivity contribution < 1.29 is 43.9 Å². The number of halogens is 5. The molecule has 0 aliphatic heterocycles. The van der Waals surface area contributed by atoms with Gasteiger partial charge in [-0.15, -0.1) is 0 Å². The number of amides is 5. The van der Waals surface area contributed by atoms with E-state index in [2.05, 4.69) is 146 Å². The molecule has 28 nitrogen and oxygen atoms in total. The largest absolute Gasteiger partial charge is 0.490 e. The van der Waals surface area contributed by atoms with Crippen molar-refractivity contribution in [1.82, 2.24) is 39.9 Å². The van der Waals surface area contributed by atoms with Gasteiger partial charge in [0, 0.05) is 139 Å². The second-order valence-corrected chi connectivity index (χ2v) is 34.7. The first-order valence-corrected chi connectivity index (χ1v) is 39.6. The van der Waals surface area contributed by atoms with Crippen molar-refractivity contribution in [3.63, 3.8) is 0 Å². The lowest BCUT2D eigenvalue weighted by Gasteiger charge is -2.19. The van der Waals surface area contributed by atoms with Gasteiger partial charge in [0.2, 0.25) is 29.5 Å². The van der Waals surface area contributed by atoms with Crippen molar-refractivity contribution in [3.8, 4) is 45.6 Å². The smallest absolute Gasteiger partial charge is 0.423 e. The third-order valence-electron chi connectivity index (χ3n) is 15.4. The third kappa shape index (κ3) is 31.5. The van der Waals surface area contributed by atoms with E-state index in [1.165, 1.54) is 24.5 Å². The normalized spacial score (nSPS) is 10.9. The van der Waals surface area contributed by atoms with Crippen LogP contribution < -0.4 is 43.5 Å². The highest BCUT2D eigenvalue weighted by Gasteiger charge is 2.30. The minimum atomic E-state index is -1.59. The Bertz CT molecular complexity index is 5190. The Morgan fingerprint density at radius 2 is 0.667 bits per heavy atom. The Kier molecular flexibility index (Phi) is 36.6. The van der Waals surface area contributed by atoms with Gasteiger partial charge in [-0.05, 0) is 129 Å². The summed E-state index contributed by atoms with van der Waals surface area (Å²) >= 11 is 16.5. The maximum atomic E-state index is 12.3. The Morgan fingerprint density at radius 1 is 0.350 bits per heavy atom. The maximum Gasteiger partial charge on any atom is 0.490 e. The molecule has 0 aliphatic rings. The molecule has 34 heteroatoms. The number of nitrogen functional groups attached to an aromatic ring is 2. The van der Waals surface area contributed by atoms with Gasteiger partial charge in [-0.25, -0.2) is 39.9 Å². The summed E-state index contributed by atoms with van der Waals surface area (Å²) < 4.78 is 3.83. The first-order valence-electron chi connectivity index (χ1n) is 35.7. The first kappa shape index (κ1) is 96.6. The van der Waals surface area contributed by atoms with Crippen molar-refractivity contribution in [2.45, 2.75) is 104 Å². The van der Waals surface area contributed by atoms with E-state index in [1.54, 1.807) is 139 Å². The number of nitro groups is 2. The molecule has 11 aromatic rings. The standard InChI is InChI=1S/C15H15BrN4O3.C15H16BrN3O.C15H17N3O.C11H16BNO3.C11H14BrNO.C10H7BrN4O2.C6H6BrN/c1-15(2,3)14(21)19-12-10(13-17-5-4-6-18-13)7-9(16)8-11(12)20(22)23;1-15(2,3)14(20)19-12-6-5-10(16)9-11(12)13-17-7-4-8-18-13;1-15(2,3)14(19)18-12-8-5-4-7-11(12)13-16-9-6-10-17-13;1-11(2,3)10(14)13-9-7-5-4-6-8(9)12(15)16;1-11(2,3)10(14)13-9-7-5-4-6-8(9)12;11-6-4-7(10-13-2-1-3-14-10)9(12)8(5-6)15(16)17;7-5-3-1-2-4-6(5)8/h4-8H,1-3H3,(H,19,21);4-9H,1-3H3,(H,19,20);4-10H,1-3H3,(H,18,19);4-7,15-16H,1-3H3,(H,13,14);4-7H,1-3H3,(H,13,14);1-5H,12H2;1-4H,8H2. The van der Waals surface area contributed by atoms with Gasteiger partial charge in [0.15, 0.2) is 23.3 Å². The van der Waals surface area contributed by atoms with Crippen LogP contribution in [0, 0.1) is 47.3 Å². The monoisotopic (exact) mass is 1910 g/mol. The molecule has 11 N–H and O–H groups in total. The summed E-state index contributed by atoms with van der Waals surface area (Å²) in [5, 5.41) is 54.5. The van der Waals surface area contributed by atoms with Crippen molar-refractivity contribution in [2.75, 3.05) is 38.1 Å². The van der Waals surface area contributed by atoms with Crippen LogP contribution in [0.15, 0.2) is 236 Å². The lowest BCUT2D eigenvalue weighted by atomic mass is 9.79. The second-order valence-electron chi connectivity index (χ2n) is 30.3. The van der Waals surface area contributed by atoms with Crippen LogP contribution in [-0.4, -0.2) is 96.4 Å². The van der Waals surface area contributed by atoms with Gasteiger partial charge in [-0.2, -0.15) is 0 Å². The summed E-state index contributed by atoms with van der Waals surface area (Å²) in [4.78, 5) is 114. The van der Waals surface area contributed by atoms with Crippen molar-refractivity contribution in [2.24, 2.45) is 27.1 Å². The zero-order valence-electron chi connectivity index (χ0n) is 66.9. The Balaban J connectivity index is 0.000000247. The fourth-order valence-electron chi connectivity index (χ4n) is 8.75. The van der Waals surface area contributed by atoms with Crippen molar-refractivity contribution in [1.29, 1.82) is 0 Å². The van der Waals surface area contributed by atoms with E-state index in [0.29, 0.717) is 60.2 Å². The zero-order valence-corrected chi connectivity index (χ0v) is 74.8. The molecule has 4 heterocycles. The topological polar surface area (TPSA) is 427 Å². The molecule has 0 aliphatic carbocycles. The number of carbonyl (C=O) groups is 5. The number of nitrogens with one attached hydrogen (secondary N) is 5. The van der Waals surface area contributed by atoms with E-state index in [9.17, 15) is 44.2 Å². The number of hydrogen-bond acceptors (Lipinski definition) is 21. The Morgan fingerprint density at radius 3 is 1.07 bits per heavy atom. The molecule has 0 saturated carbocycles. The number of carbonyl (C=O) groups excluding carboxylic acids is 5. The molecule has 612 valence electrons. The van der Waals surface area contributed by atoms with E-state index >= 15 is 0 Å². The predicted octanol–water partition coefficient (Wildman–Crippen LogP) is 19.0. The highest BCUT2D eigenvalue weighted by atomic mass is 79.9. The van der Waals surface area contributed by atoms with Crippen molar-refractivity contribution in [3.05, 3.63) is 256 Å². The molecule has 0 radical (unpaired) electrons. The minimum Gasteiger partial charge on any atom is -0.423 e. The molecule has 0 bridgehead atoms. The maximum absolute atomic E-state index is 12.3. The lowest BCUT2D eigenvalue weighted by molar-refractivity contribution is -0.384. The van der Waals surface area contributed by atoms with E-state index in [-0.39, 0.29) is 57.7 Å². The highest BCUT2D eigenvalue weighted by Crippen LogP contribution is 2.40. The molecule has 7 aromatic carbocycles. The van der Waals surface area contributed by atoms with E-state index in [0.717, 1.165) is 41.6 Å². The molecular formula is C83H91BBr5N17O11. The molecule has 5 amide bonds. The number of hydrogen-bond donors (Lipinski definition) is 9. The van der Waals surface area contributed by atoms with Gasteiger partial charge in [0.1, 0.15) is 11.4 Å². The van der Waals surface area contributed by atoms with Gasteiger partial charge >= 0.3 is 7.12 Å². The molecule has 0 spiro atoms. The fraction of sp³-hybridized carbons (Fsp3) is 0.241. The van der Waals surface area contributed by atoms with Crippen LogP contribution in [0.1, 0.15) is 104 Å². The highest BCUT2D eigenvalue weighted by molar-refractivity contribution is 9.11. The SMILES string of the molecule is CC(C)(C)C(=O)Nc1c(-c2ncccn2)cc(Br)cc1[N+](=O)[O-].CC(C)(C)C(=O)Nc1ccc(Br)cc1-c1ncccn1.CC(C)(C)C(=O)Nc1ccccc1-c1ncccn1.CC(C)(C)C(=O)Nc1ccccc1B(O)O.CC(C)(C)C(=O)Nc1ccccc1Br.Nc1c(-c2ncccn2)cc(Br)cc1[N+](=O)[O-].Nc1ccccc1Br.